The first-order valence-corrected chi connectivity index (χ1v) is 14.8. The third kappa shape index (κ3) is 6.28. The maximum absolute atomic E-state index is 13.9. The second-order valence-electron chi connectivity index (χ2n) is 9.72. The number of likely N-dealkylation sites (tertiary alicyclic amines) is 1. The second kappa shape index (κ2) is 11.3. The molecule has 2 amide bonds. The van der Waals surface area contributed by atoms with Crippen molar-refractivity contribution in [2.75, 3.05) is 26.3 Å². The molecule has 194 valence electrons. The van der Waals surface area contributed by atoms with E-state index in [1.165, 1.54) is 0 Å². The van der Waals surface area contributed by atoms with Gasteiger partial charge < -0.3 is 20.1 Å². The lowest BCUT2D eigenvalue weighted by Crippen LogP contribution is -2.60. The minimum Gasteiger partial charge on any atom is -0.444 e. The highest BCUT2D eigenvalue weighted by Crippen LogP contribution is 2.38. The molecular formula is C24H34IN3O6S. The lowest BCUT2D eigenvalue weighted by atomic mass is 9.97. The van der Waals surface area contributed by atoms with Crippen LogP contribution in [-0.2, 0) is 24.3 Å². The van der Waals surface area contributed by atoms with Crippen LogP contribution in [0.15, 0.2) is 29.2 Å². The lowest BCUT2D eigenvalue weighted by molar-refractivity contribution is -0.123. The summed E-state index contributed by atoms with van der Waals surface area (Å²) < 4.78 is 42.1. The molecule has 1 aromatic rings. The topological polar surface area (TPSA) is 119 Å². The number of sulfonamides is 1. The van der Waals surface area contributed by atoms with E-state index in [2.05, 4.69) is 22.6 Å². The first-order valence-electron chi connectivity index (χ1n) is 12.3. The largest absolute Gasteiger partial charge is 0.444 e. The van der Waals surface area contributed by atoms with Crippen LogP contribution in [0.1, 0.15) is 45.4 Å². The van der Waals surface area contributed by atoms with Gasteiger partial charge in [-0.05, 0) is 78.5 Å². The maximum Gasteiger partial charge on any atom is 0.410 e. The summed E-state index contributed by atoms with van der Waals surface area (Å²) in [5, 5.41) is 0. The molecule has 11 heteroatoms. The summed E-state index contributed by atoms with van der Waals surface area (Å²) in [6.07, 6.45) is 3.26. The van der Waals surface area contributed by atoms with E-state index in [1.807, 2.05) is 6.92 Å². The number of nitrogens with zero attached hydrogens (tertiary/aromatic N) is 2. The standard InChI is InChI=1S/C24H34IN3O6S/c1-2-22(34-24(30)27-11-9-17(10-12-27)23(26)29)21-15-33-14-19(13-16-3-4-16)28(21)35(31,32)20-7-5-18(25)6-8-20/h5-8,16-17,19,21-22H,2-4,9-15H2,1H3,(H2,26,29)/t19-,21-,22?/m1/s1. The number of primary amides is 1. The van der Waals surface area contributed by atoms with Crippen LogP contribution in [0.3, 0.4) is 0 Å². The van der Waals surface area contributed by atoms with Crippen molar-refractivity contribution in [3.8, 4) is 0 Å². The van der Waals surface area contributed by atoms with E-state index in [-0.39, 0.29) is 29.4 Å². The number of morpholine rings is 1. The molecule has 2 heterocycles. The van der Waals surface area contributed by atoms with Gasteiger partial charge in [0.25, 0.3) is 0 Å². The van der Waals surface area contributed by atoms with Crippen LogP contribution in [0, 0.1) is 15.4 Å². The summed E-state index contributed by atoms with van der Waals surface area (Å²) in [6, 6.07) is 5.91. The smallest absolute Gasteiger partial charge is 0.410 e. The van der Waals surface area contributed by atoms with E-state index < -0.39 is 28.3 Å². The van der Waals surface area contributed by atoms with Gasteiger partial charge in [0, 0.05) is 28.6 Å². The first-order chi connectivity index (χ1) is 16.7. The highest BCUT2D eigenvalue weighted by molar-refractivity contribution is 14.1. The average Bonchev–Trinajstić information content (AvgIpc) is 3.66. The van der Waals surface area contributed by atoms with Gasteiger partial charge in [0.15, 0.2) is 0 Å². The van der Waals surface area contributed by atoms with Crippen molar-refractivity contribution >= 4 is 44.6 Å². The molecule has 0 spiro atoms. The van der Waals surface area contributed by atoms with E-state index in [1.54, 1.807) is 33.5 Å². The van der Waals surface area contributed by atoms with Crippen molar-refractivity contribution in [3.63, 3.8) is 0 Å². The molecule has 2 aliphatic heterocycles. The number of rotatable bonds is 8. The Bertz CT molecular complexity index is 1010. The van der Waals surface area contributed by atoms with Crippen LogP contribution in [0.4, 0.5) is 4.79 Å². The van der Waals surface area contributed by atoms with Gasteiger partial charge in [0.05, 0.1) is 24.2 Å². The molecule has 3 aliphatic rings. The van der Waals surface area contributed by atoms with Gasteiger partial charge in [0.1, 0.15) is 6.10 Å². The minimum absolute atomic E-state index is 0.167. The Balaban J connectivity index is 1.55. The zero-order valence-corrected chi connectivity index (χ0v) is 22.9. The molecule has 1 aromatic carbocycles. The van der Waals surface area contributed by atoms with Gasteiger partial charge in [0.2, 0.25) is 15.9 Å². The molecule has 9 nitrogen and oxygen atoms in total. The van der Waals surface area contributed by atoms with E-state index in [9.17, 15) is 18.0 Å². The molecule has 1 aliphatic carbocycles. The first kappa shape index (κ1) is 26.6. The summed E-state index contributed by atoms with van der Waals surface area (Å²) in [5.74, 6) is -0.0709. The number of halogens is 1. The van der Waals surface area contributed by atoms with Gasteiger partial charge in [-0.1, -0.05) is 19.8 Å². The Morgan fingerprint density at radius 3 is 2.37 bits per heavy atom. The third-order valence-electron chi connectivity index (χ3n) is 7.22. The van der Waals surface area contributed by atoms with E-state index in [0.29, 0.717) is 44.9 Å². The summed E-state index contributed by atoms with van der Waals surface area (Å²) in [4.78, 5) is 26.3. The van der Waals surface area contributed by atoms with Crippen LogP contribution in [0.25, 0.3) is 0 Å². The van der Waals surface area contributed by atoms with Crippen LogP contribution in [0.2, 0.25) is 0 Å². The number of piperidine rings is 1. The zero-order valence-electron chi connectivity index (χ0n) is 20.0. The number of hydrogen-bond donors (Lipinski definition) is 1. The van der Waals surface area contributed by atoms with Gasteiger partial charge in [-0.2, -0.15) is 4.31 Å². The Labute approximate surface area is 220 Å². The van der Waals surface area contributed by atoms with Gasteiger partial charge in [-0.25, -0.2) is 13.2 Å². The van der Waals surface area contributed by atoms with Crippen LogP contribution in [-0.4, -0.2) is 74.1 Å². The van der Waals surface area contributed by atoms with Crippen LogP contribution >= 0.6 is 22.6 Å². The van der Waals surface area contributed by atoms with E-state index in [4.69, 9.17) is 15.2 Å². The Hall–Kier alpha value is -1.44. The Morgan fingerprint density at radius 2 is 1.80 bits per heavy atom. The van der Waals surface area contributed by atoms with Crippen LogP contribution < -0.4 is 5.73 Å². The molecule has 4 rings (SSSR count). The van der Waals surface area contributed by atoms with Crippen molar-refractivity contribution in [1.82, 2.24) is 9.21 Å². The van der Waals surface area contributed by atoms with Crippen molar-refractivity contribution < 1.29 is 27.5 Å². The Morgan fingerprint density at radius 1 is 1.14 bits per heavy atom. The minimum atomic E-state index is -3.83. The number of nitrogens with two attached hydrogens (primary N) is 1. The number of ether oxygens (including phenoxy) is 2. The second-order valence-corrected chi connectivity index (χ2v) is 12.8. The zero-order chi connectivity index (χ0) is 25.2. The summed E-state index contributed by atoms with van der Waals surface area (Å²) in [5.41, 5.74) is 5.40. The van der Waals surface area contributed by atoms with Gasteiger partial charge >= 0.3 is 6.09 Å². The predicted molar refractivity (Wildman–Crippen MR) is 138 cm³/mol. The number of amides is 2. The molecular weight excluding hydrogens is 585 g/mol. The molecule has 3 fully saturated rings. The Kier molecular flexibility index (Phi) is 8.60. The number of carbonyl (C=O) groups is 2. The number of carbonyl (C=O) groups excluding carboxylic acids is 2. The molecule has 35 heavy (non-hydrogen) atoms. The normalized spacial score (nSPS) is 25.3. The molecule has 3 atom stereocenters. The van der Waals surface area contributed by atoms with Gasteiger partial charge in [-0.3, -0.25) is 4.79 Å². The molecule has 2 saturated heterocycles. The van der Waals surface area contributed by atoms with Crippen molar-refractivity contribution in [2.24, 2.45) is 17.6 Å². The highest BCUT2D eigenvalue weighted by Gasteiger charge is 2.46. The molecule has 0 aromatic heterocycles. The summed E-state index contributed by atoms with van der Waals surface area (Å²) in [6.45, 7) is 3.16. The predicted octanol–water partition coefficient (Wildman–Crippen LogP) is 2.96. The third-order valence-corrected chi connectivity index (χ3v) is 9.93. The molecule has 2 N–H and O–H groups in total. The average molecular weight is 620 g/mol. The fourth-order valence-corrected chi connectivity index (χ4v) is 7.19. The molecule has 0 radical (unpaired) electrons. The monoisotopic (exact) mass is 619 g/mol. The maximum atomic E-state index is 13.9. The lowest BCUT2D eigenvalue weighted by Gasteiger charge is -2.44. The molecule has 0 bridgehead atoms. The highest BCUT2D eigenvalue weighted by atomic mass is 127. The fraction of sp³-hybridized carbons (Fsp3) is 0.667. The van der Waals surface area contributed by atoms with Crippen LogP contribution in [0.5, 0.6) is 0 Å². The van der Waals surface area contributed by atoms with Crippen molar-refractivity contribution in [3.05, 3.63) is 27.8 Å². The quantitative estimate of drug-likeness (QED) is 0.447. The van der Waals surface area contributed by atoms with Gasteiger partial charge in [-0.15, -0.1) is 0 Å². The SMILES string of the molecule is CCC(OC(=O)N1CCC(C(N)=O)CC1)[C@H]1COC[C@@H](CC2CC2)N1S(=O)(=O)c1ccc(I)cc1. The summed E-state index contributed by atoms with van der Waals surface area (Å²) >= 11 is 2.15. The number of hydrogen-bond acceptors (Lipinski definition) is 6. The molecule has 1 unspecified atom stereocenters. The van der Waals surface area contributed by atoms with Crippen molar-refractivity contribution in [1.29, 1.82) is 0 Å². The fourth-order valence-electron chi connectivity index (χ4n) is 5.01. The van der Waals surface area contributed by atoms with E-state index in [0.717, 1.165) is 22.8 Å². The molecule has 1 saturated carbocycles. The van der Waals surface area contributed by atoms with E-state index >= 15 is 0 Å². The summed E-state index contributed by atoms with van der Waals surface area (Å²) in [7, 11) is -3.83. The van der Waals surface area contributed by atoms with Crippen molar-refractivity contribution in [2.45, 2.75) is 68.5 Å². The number of benzene rings is 1.